The van der Waals surface area contributed by atoms with E-state index in [4.69, 9.17) is 0 Å². The van der Waals surface area contributed by atoms with Gasteiger partial charge in [-0.3, -0.25) is 4.79 Å². The number of piperidine rings is 1. The molecule has 1 saturated carbocycles. The molecule has 1 amide bonds. The molecule has 6 heteroatoms. The second-order valence-corrected chi connectivity index (χ2v) is 7.96. The van der Waals surface area contributed by atoms with E-state index in [0.29, 0.717) is 19.1 Å². The first-order valence-corrected chi connectivity index (χ1v) is 8.91. The van der Waals surface area contributed by atoms with E-state index < -0.39 is 9.84 Å². The van der Waals surface area contributed by atoms with Crippen LogP contribution >= 0.6 is 0 Å². The molecule has 1 saturated heterocycles. The largest absolute Gasteiger partial charge is 0.340 e. The fourth-order valence-electron chi connectivity index (χ4n) is 3.07. The fourth-order valence-corrected chi connectivity index (χ4v) is 4.88. The van der Waals surface area contributed by atoms with Crippen LogP contribution in [-0.2, 0) is 14.6 Å². The third kappa shape index (κ3) is 3.69. The Morgan fingerprint density at radius 3 is 2.53 bits per heavy atom. The third-order valence-electron chi connectivity index (χ3n) is 4.32. The van der Waals surface area contributed by atoms with Crippen LogP contribution in [0.3, 0.4) is 0 Å². The molecule has 5 nitrogen and oxygen atoms in total. The van der Waals surface area contributed by atoms with E-state index in [1.54, 1.807) is 4.90 Å². The van der Waals surface area contributed by atoms with Crippen molar-refractivity contribution in [1.82, 2.24) is 10.2 Å². The third-order valence-corrected chi connectivity index (χ3v) is 6.45. The van der Waals surface area contributed by atoms with Gasteiger partial charge in [0.25, 0.3) is 0 Å². The van der Waals surface area contributed by atoms with E-state index in [0.717, 1.165) is 38.5 Å². The average Bonchev–Trinajstić information content (AvgIpc) is 2.93. The van der Waals surface area contributed by atoms with Crippen molar-refractivity contribution in [2.24, 2.45) is 0 Å². The molecule has 1 unspecified atom stereocenters. The minimum atomic E-state index is -3.24. The zero-order valence-electron chi connectivity index (χ0n) is 11.6. The second-order valence-electron chi connectivity index (χ2n) is 5.68. The number of likely N-dealkylation sites (tertiary alicyclic amines) is 1. The zero-order valence-corrected chi connectivity index (χ0v) is 12.4. The number of carbonyl (C=O) groups excluding carboxylic acids is 1. The Morgan fingerprint density at radius 2 is 1.89 bits per heavy atom. The van der Waals surface area contributed by atoms with Crippen LogP contribution in [0.15, 0.2) is 0 Å². The van der Waals surface area contributed by atoms with Crippen molar-refractivity contribution in [3.63, 3.8) is 0 Å². The van der Waals surface area contributed by atoms with Gasteiger partial charge in [-0.15, -0.1) is 0 Å². The number of nitrogens with zero attached hydrogens (tertiary/aromatic N) is 1. The Kier molecular flexibility index (Phi) is 4.84. The number of hydrogen-bond donors (Lipinski definition) is 1. The van der Waals surface area contributed by atoms with E-state index in [-0.39, 0.29) is 16.9 Å². The molecule has 0 bridgehead atoms. The van der Waals surface area contributed by atoms with Gasteiger partial charge in [0.05, 0.1) is 5.25 Å². The molecule has 0 aromatic rings. The lowest BCUT2D eigenvalue weighted by atomic mass is 10.1. The summed E-state index contributed by atoms with van der Waals surface area (Å²) in [6.45, 7) is 1.33. The average molecular weight is 288 g/mol. The Bertz CT molecular complexity index is 416. The fraction of sp³-hybridized carbons (Fsp3) is 0.923. The SMILES string of the molecule is CNC1CCCN(C(=O)CS(=O)(=O)C2CCCC2)C1. The van der Waals surface area contributed by atoms with Gasteiger partial charge in [0.2, 0.25) is 5.91 Å². The van der Waals surface area contributed by atoms with Crippen LogP contribution < -0.4 is 5.32 Å². The molecular weight excluding hydrogens is 264 g/mol. The maximum Gasteiger partial charge on any atom is 0.237 e. The molecule has 1 aliphatic heterocycles. The molecule has 1 heterocycles. The number of rotatable bonds is 4. The van der Waals surface area contributed by atoms with Crippen molar-refractivity contribution in [1.29, 1.82) is 0 Å². The molecule has 19 heavy (non-hydrogen) atoms. The first-order chi connectivity index (χ1) is 9.03. The summed E-state index contributed by atoms with van der Waals surface area (Å²) in [5.74, 6) is -0.513. The molecule has 0 aromatic carbocycles. The van der Waals surface area contributed by atoms with Crippen molar-refractivity contribution in [3.8, 4) is 0 Å². The van der Waals surface area contributed by atoms with Crippen molar-refractivity contribution in [3.05, 3.63) is 0 Å². The molecule has 1 aliphatic carbocycles. The highest BCUT2D eigenvalue weighted by atomic mass is 32.2. The van der Waals surface area contributed by atoms with Gasteiger partial charge in [0.15, 0.2) is 9.84 Å². The van der Waals surface area contributed by atoms with Gasteiger partial charge in [0.1, 0.15) is 5.75 Å². The summed E-state index contributed by atoms with van der Waals surface area (Å²) in [5.41, 5.74) is 0. The molecule has 2 rings (SSSR count). The number of hydrogen-bond acceptors (Lipinski definition) is 4. The van der Waals surface area contributed by atoms with Crippen LogP contribution in [-0.4, -0.2) is 56.4 Å². The highest BCUT2D eigenvalue weighted by Gasteiger charge is 2.33. The highest BCUT2D eigenvalue weighted by Crippen LogP contribution is 2.25. The van der Waals surface area contributed by atoms with Crippen LogP contribution in [0.2, 0.25) is 0 Å². The first-order valence-electron chi connectivity index (χ1n) is 7.19. The van der Waals surface area contributed by atoms with Crippen LogP contribution in [0.4, 0.5) is 0 Å². The van der Waals surface area contributed by atoms with Crippen LogP contribution in [0.5, 0.6) is 0 Å². The summed E-state index contributed by atoms with van der Waals surface area (Å²) in [6.07, 6.45) is 5.41. The highest BCUT2D eigenvalue weighted by molar-refractivity contribution is 7.92. The van der Waals surface area contributed by atoms with Crippen LogP contribution in [0.1, 0.15) is 38.5 Å². The lowest BCUT2D eigenvalue weighted by molar-refractivity contribution is -0.129. The zero-order chi connectivity index (χ0) is 13.9. The van der Waals surface area contributed by atoms with Crippen LogP contribution in [0.25, 0.3) is 0 Å². The maximum atomic E-state index is 12.2. The molecule has 110 valence electrons. The molecular formula is C13H24N2O3S. The lowest BCUT2D eigenvalue weighted by Crippen LogP contribution is -2.49. The van der Waals surface area contributed by atoms with E-state index >= 15 is 0 Å². The molecule has 0 aromatic heterocycles. The quantitative estimate of drug-likeness (QED) is 0.820. The molecule has 0 radical (unpaired) electrons. The Hall–Kier alpha value is -0.620. The van der Waals surface area contributed by atoms with E-state index in [2.05, 4.69) is 5.32 Å². The minimum absolute atomic E-state index is 0.216. The van der Waals surface area contributed by atoms with Gasteiger partial charge in [-0.25, -0.2) is 8.42 Å². The van der Waals surface area contributed by atoms with Crippen LogP contribution in [0, 0.1) is 0 Å². The Labute approximate surface area is 115 Å². The topological polar surface area (TPSA) is 66.5 Å². The summed E-state index contributed by atoms with van der Waals surface area (Å²) in [4.78, 5) is 13.9. The van der Waals surface area contributed by atoms with Gasteiger partial charge < -0.3 is 10.2 Å². The monoisotopic (exact) mass is 288 g/mol. The molecule has 2 aliphatic rings. The number of nitrogens with one attached hydrogen (secondary N) is 1. The minimum Gasteiger partial charge on any atom is -0.340 e. The summed E-state index contributed by atoms with van der Waals surface area (Å²) in [5, 5.41) is 2.89. The molecule has 2 fully saturated rings. The number of carbonyl (C=O) groups is 1. The summed E-state index contributed by atoms with van der Waals surface area (Å²) >= 11 is 0. The maximum absolute atomic E-state index is 12.2. The predicted octanol–water partition coefficient (Wildman–Crippen LogP) is 0.554. The summed E-state index contributed by atoms with van der Waals surface area (Å²) < 4.78 is 24.3. The second kappa shape index (κ2) is 6.22. The summed E-state index contributed by atoms with van der Waals surface area (Å²) in [7, 11) is -1.36. The summed E-state index contributed by atoms with van der Waals surface area (Å²) in [6, 6.07) is 0.298. The van der Waals surface area contributed by atoms with Crippen molar-refractivity contribution >= 4 is 15.7 Å². The standard InChI is InChI=1S/C13H24N2O3S/c1-14-11-5-4-8-15(9-11)13(16)10-19(17,18)12-6-2-3-7-12/h11-12,14H,2-10H2,1H3. The number of amides is 1. The van der Waals surface area contributed by atoms with E-state index in [9.17, 15) is 13.2 Å². The van der Waals surface area contributed by atoms with Gasteiger partial charge in [-0.1, -0.05) is 12.8 Å². The molecule has 0 spiro atoms. The smallest absolute Gasteiger partial charge is 0.237 e. The van der Waals surface area contributed by atoms with Gasteiger partial charge in [-0.2, -0.15) is 0 Å². The lowest BCUT2D eigenvalue weighted by Gasteiger charge is -2.32. The van der Waals surface area contributed by atoms with Crippen molar-refractivity contribution < 1.29 is 13.2 Å². The normalized spacial score (nSPS) is 25.7. The van der Waals surface area contributed by atoms with E-state index in [1.807, 2.05) is 7.05 Å². The number of sulfone groups is 1. The van der Waals surface area contributed by atoms with Crippen molar-refractivity contribution in [2.75, 3.05) is 25.9 Å². The first kappa shape index (κ1) is 14.8. The van der Waals surface area contributed by atoms with Gasteiger partial charge in [0, 0.05) is 19.1 Å². The van der Waals surface area contributed by atoms with Gasteiger partial charge in [-0.05, 0) is 32.7 Å². The molecule has 1 atom stereocenters. The molecule has 1 N–H and O–H groups in total. The Balaban J connectivity index is 1.92. The van der Waals surface area contributed by atoms with Gasteiger partial charge >= 0.3 is 0 Å². The van der Waals surface area contributed by atoms with Crippen molar-refractivity contribution in [2.45, 2.75) is 49.8 Å². The predicted molar refractivity (Wildman–Crippen MR) is 74.7 cm³/mol. The Morgan fingerprint density at radius 1 is 1.21 bits per heavy atom. The number of likely N-dealkylation sites (N-methyl/N-ethyl adjacent to an activating group) is 1. The van der Waals surface area contributed by atoms with E-state index in [1.165, 1.54) is 0 Å².